The molecule has 0 radical (unpaired) electrons. The molecule has 2 aromatic heterocycles. The second-order valence-electron chi connectivity index (χ2n) is 7.95. The Balaban J connectivity index is 1.69. The lowest BCUT2D eigenvalue weighted by molar-refractivity contribution is 0.652. The Kier molecular flexibility index (Phi) is 4.13. The fourth-order valence-corrected chi connectivity index (χ4v) is 4.33. The van der Waals surface area contributed by atoms with Crippen LogP contribution < -0.4 is 16.1 Å². The van der Waals surface area contributed by atoms with Crippen LogP contribution >= 0.6 is 0 Å². The first-order valence-electron chi connectivity index (χ1n) is 10.0. The molecule has 0 unspecified atom stereocenters. The largest absolute Gasteiger partial charge is 0.332 e. The van der Waals surface area contributed by atoms with Crippen LogP contribution in [0.4, 0.5) is 11.6 Å². The molecule has 2 aromatic carbocycles. The molecule has 0 fully saturated rings. The summed E-state index contributed by atoms with van der Waals surface area (Å²) in [6.07, 6.45) is 0. The van der Waals surface area contributed by atoms with Crippen molar-refractivity contribution >= 4 is 22.8 Å². The van der Waals surface area contributed by atoms with E-state index in [2.05, 4.69) is 36.9 Å². The number of benzene rings is 2. The summed E-state index contributed by atoms with van der Waals surface area (Å²) in [5.41, 5.74) is 4.58. The molecule has 0 N–H and O–H groups in total. The first-order chi connectivity index (χ1) is 14.4. The highest BCUT2D eigenvalue weighted by atomic mass is 16.2. The van der Waals surface area contributed by atoms with Gasteiger partial charge in [0.1, 0.15) is 0 Å². The van der Waals surface area contributed by atoms with Crippen LogP contribution in [-0.4, -0.2) is 25.2 Å². The summed E-state index contributed by atoms with van der Waals surface area (Å²) in [5, 5.41) is 0. The van der Waals surface area contributed by atoms with Crippen LogP contribution in [0.2, 0.25) is 0 Å². The number of anilines is 2. The third-order valence-corrected chi connectivity index (χ3v) is 5.70. The van der Waals surface area contributed by atoms with Crippen molar-refractivity contribution in [3.8, 4) is 0 Å². The van der Waals surface area contributed by atoms with Crippen molar-refractivity contribution in [1.29, 1.82) is 0 Å². The highest BCUT2D eigenvalue weighted by Gasteiger charge is 2.28. The Labute approximate surface area is 173 Å². The average molecular weight is 401 g/mol. The number of fused-ring (bicyclic) bond motifs is 3. The van der Waals surface area contributed by atoms with Gasteiger partial charge in [-0.15, -0.1) is 0 Å². The zero-order valence-electron chi connectivity index (χ0n) is 17.3. The molecule has 5 rings (SSSR count). The highest BCUT2D eigenvalue weighted by molar-refractivity contribution is 5.78. The number of aryl methyl sites for hydroxylation is 3. The molecule has 0 spiro atoms. The highest BCUT2D eigenvalue weighted by Crippen LogP contribution is 2.32. The Bertz CT molecular complexity index is 1380. The van der Waals surface area contributed by atoms with E-state index in [1.165, 1.54) is 20.3 Å². The van der Waals surface area contributed by atoms with Gasteiger partial charge in [-0.2, -0.15) is 4.98 Å². The van der Waals surface area contributed by atoms with Gasteiger partial charge in [0, 0.05) is 25.8 Å². The maximum Gasteiger partial charge on any atom is 0.332 e. The van der Waals surface area contributed by atoms with Gasteiger partial charge in [-0.05, 0) is 42.7 Å². The van der Waals surface area contributed by atoms with Crippen molar-refractivity contribution in [2.24, 2.45) is 7.05 Å². The molecule has 0 saturated carbocycles. The minimum absolute atomic E-state index is 0.240. The van der Waals surface area contributed by atoms with E-state index in [4.69, 9.17) is 4.98 Å². The van der Waals surface area contributed by atoms with Crippen molar-refractivity contribution in [2.45, 2.75) is 26.9 Å². The molecule has 0 aliphatic carbocycles. The van der Waals surface area contributed by atoms with Crippen molar-refractivity contribution < 1.29 is 0 Å². The first kappa shape index (κ1) is 18.4. The molecule has 1 aliphatic rings. The summed E-state index contributed by atoms with van der Waals surface area (Å²) in [7, 11) is 1.68. The number of hydrogen-bond donors (Lipinski definition) is 0. The normalized spacial score (nSPS) is 13.2. The lowest BCUT2D eigenvalue weighted by Gasteiger charge is -2.17. The van der Waals surface area contributed by atoms with Gasteiger partial charge in [-0.25, -0.2) is 4.79 Å². The van der Waals surface area contributed by atoms with E-state index in [0.29, 0.717) is 23.7 Å². The molecule has 7 heteroatoms. The van der Waals surface area contributed by atoms with E-state index in [1.54, 1.807) is 7.05 Å². The van der Waals surface area contributed by atoms with Crippen LogP contribution in [0.1, 0.15) is 16.7 Å². The molecule has 0 bridgehead atoms. The molecule has 0 amide bonds. The molecular formula is C23H23N5O2. The number of hydrogen-bond acceptors (Lipinski definition) is 4. The zero-order chi connectivity index (χ0) is 21.0. The van der Waals surface area contributed by atoms with Crippen molar-refractivity contribution in [1.82, 2.24) is 18.7 Å². The van der Waals surface area contributed by atoms with E-state index in [0.717, 1.165) is 17.8 Å². The molecular weight excluding hydrogens is 378 g/mol. The maximum absolute atomic E-state index is 13.3. The van der Waals surface area contributed by atoms with Crippen LogP contribution in [-0.2, 0) is 20.1 Å². The topological polar surface area (TPSA) is 65.1 Å². The van der Waals surface area contributed by atoms with Crippen molar-refractivity contribution in [2.75, 3.05) is 11.4 Å². The fourth-order valence-electron chi connectivity index (χ4n) is 4.33. The van der Waals surface area contributed by atoms with Crippen LogP contribution in [0.15, 0.2) is 58.1 Å². The summed E-state index contributed by atoms with van der Waals surface area (Å²) in [4.78, 5) is 33.1. The Hall–Kier alpha value is -3.61. The van der Waals surface area contributed by atoms with Gasteiger partial charge in [0.2, 0.25) is 5.95 Å². The van der Waals surface area contributed by atoms with Gasteiger partial charge >= 0.3 is 5.69 Å². The average Bonchev–Trinajstić information content (AvgIpc) is 3.29. The smallest absolute Gasteiger partial charge is 0.310 e. The minimum atomic E-state index is -0.355. The van der Waals surface area contributed by atoms with E-state index in [-0.39, 0.29) is 17.8 Å². The molecule has 3 heterocycles. The van der Waals surface area contributed by atoms with Gasteiger partial charge in [0.15, 0.2) is 11.2 Å². The van der Waals surface area contributed by atoms with Gasteiger partial charge in [0.25, 0.3) is 5.56 Å². The monoisotopic (exact) mass is 401 g/mol. The number of rotatable bonds is 3. The van der Waals surface area contributed by atoms with Crippen molar-refractivity contribution in [3.05, 3.63) is 86.1 Å². The lowest BCUT2D eigenvalue weighted by Crippen LogP contribution is -2.40. The van der Waals surface area contributed by atoms with Crippen LogP contribution in [0.5, 0.6) is 0 Å². The summed E-state index contributed by atoms with van der Waals surface area (Å²) >= 11 is 0. The summed E-state index contributed by atoms with van der Waals surface area (Å²) < 4.78 is 4.72. The molecule has 1 aliphatic heterocycles. The number of aromatic nitrogens is 4. The van der Waals surface area contributed by atoms with E-state index in [1.807, 2.05) is 34.9 Å². The second-order valence-corrected chi connectivity index (χ2v) is 7.95. The van der Waals surface area contributed by atoms with E-state index < -0.39 is 0 Å². The quantitative estimate of drug-likeness (QED) is 0.530. The van der Waals surface area contributed by atoms with Crippen LogP contribution in [0.3, 0.4) is 0 Å². The molecule has 7 nitrogen and oxygen atoms in total. The van der Waals surface area contributed by atoms with Gasteiger partial charge in [-0.3, -0.25) is 13.9 Å². The molecule has 0 atom stereocenters. The van der Waals surface area contributed by atoms with E-state index >= 15 is 0 Å². The number of imidazole rings is 1. The Morgan fingerprint density at radius 2 is 1.67 bits per heavy atom. The molecule has 0 saturated heterocycles. The van der Waals surface area contributed by atoms with Gasteiger partial charge in [-0.1, -0.05) is 36.4 Å². The Morgan fingerprint density at radius 3 is 2.37 bits per heavy atom. The standard InChI is InChI=1S/C23H23N5O2/c1-15-11-16(2)13-18(12-15)26-9-10-27-19-20(24-22(26)27)25(3)23(30)28(21(19)29)14-17-7-5-4-6-8-17/h4-8,11-13H,9-10,14H2,1-3H3. The summed E-state index contributed by atoms with van der Waals surface area (Å²) in [5.74, 6) is 0.708. The minimum Gasteiger partial charge on any atom is -0.310 e. The molecule has 4 aromatic rings. The zero-order valence-corrected chi connectivity index (χ0v) is 17.3. The molecule has 152 valence electrons. The van der Waals surface area contributed by atoms with Gasteiger partial charge < -0.3 is 9.47 Å². The fraction of sp³-hybridized carbons (Fsp3) is 0.261. The molecule has 30 heavy (non-hydrogen) atoms. The first-order valence-corrected chi connectivity index (χ1v) is 10.0. The van der Waals surface area contributed by atoms with Crippen LogP contribution in [0.25, 0.3) is 11.2 Å². The predicted octanol–water partition coefficient (Wildman–Crippen LogP) is 2.71. The predicted molar refractivity (Wildman–Crippen MR) is 118 cm³/mol. The third-order valence-electron chi connectivity index (χ3n) is 5.70. The SMILES string of the molecule is Cc1cc(C)cc(N2CCn3c2nc2c3c(=O)n(Cc3ccccc3)c(=O)n2C)c1. The second kappa shape index (κ2) is 6.73. The summed E-state index contributed by atoms with van der Waals surface area (Å²) in [6.45, 7) is 5.77. The van der Waals surface area contributed by atoms with E-state index in [9.17, 15) is 9.59 Å². The van der Waals surface area contributed by atoms with Crippen molar-refractivity contribution in [3.63, 3.8) is 0 Å². The summed E-state index contributed by atoms with van der Waals surface area (Å²) in [6, 6.07) is 15.9. The van der Waals surface area contributed by atoms with Gasteiger partial charge in [0.05, 0.1) is 6.54 Å². The Morgan fingerprint density at radius 1 is 0.967 bits per heavy atom. The number of nitrogens with zero attached hydrogens (tertiary/aromatic N) is 5. The third kappa shape index (κ3) is 2.77. The lowest BCUT2D eigenvalue weighted by atomic mass is 10.1. The maximum atomic E-state index is 13.3. The van der Waals surface area contributed by atoms with Crippen LogP contribution in [0, 0.1) is 13.8 Å².